The molecule has 1 rings (SSSR count). The Bertz CT molecular complexity index is 399. The van der Waals surface area contributed by atoms with Crippen LogP contribution in [0.5, 0.6) is 0 Å². The molecule has 0 aromatic heterocycles. The van der Waals surface area contributed by atoms with E-state index in [1.165, 1.54) is 12.1 Å². The molecule has 1 N–H and O–H groups in total. The molecule has 0 heterocycles. The number of benzene rings is 1. The second-order valence-electron chi connectivity index (χ2n) is 5.91. The molecule has 0 radical (unpaired) electrons. The van der Waals surface area contributed by atoms with Gasteiger partial charge in [-0.05, 0) is 24.3 Å². The van der Waals surface area contributed by atoms with Gasteiger partial charge in [-0.15, -0.1) is 0 Å². The highest BCUT2D eigenvalue weighted by molar-refractivity contribution is 5.21. The Morgan fingerprint density at radius 2 is 1.78 bits per heavy atom. The fourth-order valence-electron chi connectivity index (χ4n) is 1.58. The maximum Gasteiger partial charge on any atom is 0.130 e. The van der Waals surface area contributed by atoms with Crippen LogP contribution in [-0.2, 0) is 0 Å². The standard InChI is InChI=1S/C15H23F2N/c1-10(2)15(4,5)9-18-11(3)13-7-6-12(16)8-14(13)17/h6-8,10-11,18H,9H2,1-5H3. The third-order valence-electron chi connectivity index (χ3n) is 3.86. The van der Waals surface area contributed by atoms with Crippen LogP contribution in [0, 0.1) is 23.0 Å². The van der Waals surface area contributed by atoms with E-state index in [1.54, 1.807) is 0 Å². The SMILES string of the molecule is CC(NCC(C)(C)C(C)C)c1ccc(F)cc1F. The first-order chi connectivity index (χ1) is 8.24. The highest BCUT2D eigenvalue weighted by Gasteiger charge is 2.23. The molecule has 0 saturated carbocycles. The first-order valence-electron chi connectivity index (χ1n) is 6.42. The molecule has 1 aromatic rings. The van der Waals surface area contributed by atoms with E-state index >= 15 is 0 Å². The molecule has 0 saturated heterocycles. The quantitative estimate of drug-likeness (QED) is 0.827. The molecule has 0 fully saturated rings. The van der Waals surface area contributed by atoms with Gasteiger partial charge in [0.25, 0.3) is 0 Å². The van der Waals surface area contributed by atoms with Crippen molar-refractivity contribution < 1.29 is 8.78 Å². The molecule has 0 aliphatic rings. The summed E-state index contributed by atoms with van der Waals surface area (Å²) in [6, 6.07) is 3.61. The lowest BCUT2D eigenvalue weighted by Crippen LogP contribution is -2.35. The van der Waals surface area contributed by atoms with Crippen molar-refractivity contribution in [3.63, 3.8) is 0 Å². The lowest BCUT2D eigenvalue weighted by atomic mass is 9.81. The highest BCUT2D eigenvalue weighted by atomic mass is 19.1. The third-order valence-corrected chi connectivity index (χ3v) is 3.86. The Hall–Kier alpha value is -0.960. The maximum absolute atomic E-state index is 13.6. The molecule has 1 unspecified atom stereocenters. The lowest BCUT2D eigenvalue weighted by Gasteiger charge is -2.31. The number of hydrogen-bond acceptors (Lipinski definition) is 1. The van der Waals surface area contributed by atoms with Crippen molar-refractivity contribution in [2.45, 2.75) is 40.7 Å². The summed E-state index contributed by atoms with van der Waals surface area (Å²) in [5.74, 6) is -0.487. The van der Waals surface area contributed by atoms with Gasteiger partial charge in [0.1, 0.15) is 11.6 Å². The van der Waals surface area contributed by atoms with Crippen LogP contribution in [-0.4, -0.2) is 6.54 Å². The topological polar surface area (TPSA) is 12.0 Å². The summed E-state index contributed by atoms with van der Waals surface area (Å²) >= 11 is 0. The van der Waals surface area contributed by atoms with Gasteiger partial charge in [-0.3, -0.25) is 0 Å². The van der Waals surface area contributed by atoms with Crippen molar-refractivity contribution in [3.8, 4) is 0 Å². The zero-order chi connectivity index (χ0) is 13.9. The summed E-state index contributed by atoms with van der Waals surface area (Å²) in [5.41, 5.74) is 0.654. The Labute approximate surface area is 109 Å². The molecule has 3 heteroatoms. The van der Waals surface area contributed by atoms with E-state index in [0.717, 1.165) is 12.6 Å². The fraction of sp³-hybridized carbons (Fsp3) is 0.600. The van der Waals surface area contributed by atoms with Crippen molar-refractivity contribution >= 4 is 0 Å². The fourth-order valence-corrected chi connectivity index (χ4v) is 1.58. The van der Waals surface area contributed by atoms with E-state index in [9.17, 15) is 8.78 Å². The molecule has 102 valence electrons. The number of rotatable bonds is 5. The van der Waals surface area contributed by atoms with Crippen molar-refractivity contribution in [2.24, 2.45) is 11.3 Å². The highest BCUT2D eigenvalue weighted by Crippen LogP contribution is 2.26. The second kappa shape index (κ2) is 5.79. The van der Waals surface area contributed by atoms with E-state index in [1.807, 2.05) is 6.92 Å². The molecule has 18 heavy (non-hydrogen) atoms. The van der Waals surface area contributed by atoms with Crippen LogP contribution in [0.3, 0.4) is 0 Å². The molecule has 0 aliphatic carbocycles. The summed E-state index contributed by atoms with van der Waals surface area (Å²) in [4.78, 5) is 0. The van der Waals surface area contributed by atoms with E-state index in [2.05, 4.69) is 33.0 Å². The molecule has 0 spiro atoms. The summed E-state index contributed by atoms with van der Waals surface area (Å²) in [6.45, 7) is 11.4. The van der Waals surface area contributed by atoms with Crippen LogP contribution in [0.15, 0.2) is 18.2 Å². The molecule has 1 aromatic carbocycles. The number of halogens is 2. The monoisotopic (exact) mass is 255 g/mol. The second-order valence-corrected chi connectivity index (χ2v) is 5.91. The van der Waals surface area contributed by atoms with E-state index in [4.69, 9.17) is 0 Å². The van der Waals surface area contributed by atoms with Gasteiger partial charge in [-0.25, -0.2) is 8.78 Å². The molecule has 1 nitrogen and oxygen atoms in total. The Kier molecular flexibility index (Phi) is 4.85. The maximum atomic E-state index is 13.6. The predicted molar refractivity (Wildman–Crippen MR) is 71.4 cm³/mol. The van der Waals surface area contributed by atoms with E-state index in [-0.39, 0.29) is 11.5 Å². The summed E-state index contributed by atoms with van der Waals surface area (Å²) in [5, 5.41) is 3.32. The Morgan fingerprint density at radius 1 is 1.17 bits per heavy atom. The van der Waals surface area contributed by atoms with Crippen LogP contribution >= 0.6 is 0 Å². The van der Waals surface area contributed by atoms with Crippen LogP contribution in [0.2, 0.25) is 0 Å². The van der Waals surface area contributed by atoms with Crippen molar-refractivity contribution in [1.29, 1.82) is 0 Å². The lowest BCUT2D eigenvalue weighted by molar-refractivity contribution is 0.230. The zero-order valence-electron chi connectivity index (χ0n) is 11.8. The van der Waals surface area contributed by atoms with Crippen LogP contribution < -0.4 is 5.32 Å². The number of hydrogen-bond donors (Lipinski definition) is 1. The van der Waals surface area contributed by atoms with Gasteiger partial charge in [-0.1, -0.05) is 33.8 Å². The van der Waals surface area contributed by atoms with Gasteiger partial charge in [0, 0.05) is 24.2 Å². The molecular weight excluding hydrogens is 232 g/mol. The first kappa shape index (κ1) is 15.1. The van der Waals surface area contributed by atoms with Gasteiger partial charge in [0.2, 0.25) is 0 Å². The van der Waals surface area contributed by atoms with Crippen molar-refractivity contribution in [3.05, 3.63) is 35.4 Å². The smallest absolute Gasteiger partial charge is 0.130 e. The zero-order valence-corrected chi connectivity index (χ0v) is 11.8. The molecule has 0 bridgehead atoms. The minimum Gasteiger partial charge on any atom is -0.310 e. The average molecular weight is 255 g/mol. The van der Waals surface area contributed by atoms with Gasteiger partial charge in [0.05, 0.1) is 0 Å². The van der Waals surface area contributed by atoms with Gasteiger partial charge < -0.3 is 5.32 Å². The van der Waals surface area contributed by atoms with Crippen LogP contribution in [0.4, 0.5) is 8.78 Å². The molecular formula is C15H23F2N. The predicted octanol–water partition coefficient (Wildman–Crippen LogP) is 4.30. The number of nitrogens with one attached hydrogen (secondary N) is 1. The van der Waals surface area contributed by atoms with E-state index in [0.29, 0.717) is 11.5 Å². The van der Waals surface area contributed by atoms with E-state index < -0.39 is 11.6 Å². The first-order valence-corrected chi connectivity index (χ1v) is 6.42. The minimum absolute atomic E-state index is 0.122. The Morgan fingerprint density at radius 3 is 2.28 bits per heavy atom. The van der Waals surface area contributed by atoms with Crippen molar-refractivity contribution in [2.75, 3.05) is 6.54 Å². The molecule has 0 amide bonds. The summed E-state index contributed by atoms with van der Waals surface area (Å²) in [7, 11) is 0. The summed E-state index contributed by atoms with van der Waals surface area (Å²) < 4.78 is 26.4. The van der Waals surface area contributed by atoms with Gasteiger partial charge >= 0.3 is 0 Å². The average Bonchev–Trinajstić information content (AvgIpc) is 2.25. The van der Waals surface area contributed by atoms with Gasteiger partial charge in [-0.2, -0.15) is 0 Å². The Balaban J connectivity index is 2.69. The largest absolute Gasteiger partial charge is 0.310 e. The normalized spacial score (nSPS) is 14.0. The third kappa shape index (κ3) is 3.77. The van der Waals surface area contributed by atoms with Gasteiger partial charge in [0.15, 0.2) is 0 Å². The molecule has 0 aliphatic heterocycles. The summed E-state index contributed by atoms with van der Waals surface area (Å²) in [6.07, 6.45) is 0. The van der Waals surface area contributed by atoms with Crippen molar-refractivity contribution in [1.82, 2.24) is 5.32 Å². The van der Waals surface area contributed by atoms with Crippen LogP contribution in [0.25, 0.3) is 0 Å². The van der Waals surface area contributed by atoms with Crippen LogP contribution in [0.1, 0.15) is 46.2 Å². The minimum atomic E-state index is -0.536. The molecule has 1 atom stereocenters.